The van der Waals surface area contributed by atoms with E-state index in [4.69, 9.17) is 17.3 Å². The minimum atomic E-state index is -3.74. The fourth-order valence-electron chi connectivity index (χ4n) is 2.34. The number of benzene rings is 1. The second-order valence-corrected chi connectivity index (χ2v) is 6.93. The number of piperidine rings is 1. The number of halogens is 3. The van der Waals surface area contributed by atoms with Crippen molar-refractivity contribution in [3.8, 4) is 0 Å². The molecule has 20 heavy (non-hydrogen) atoms. The maximum absolute atomic E-state index is 13.3. The van der Waals surface area contributed by atoms with Crippen molar-refractivity contribution in [2.45, 2.75) is 30.2 Å². The molecule has 0 saturated carbocycles. The van der Waals surface area contributed by atoms with Crippen molar-refractivity contribution in [3.63, 3.8) is 0 Å². The third-order valence-electron chi connectivity index (χ3n) is 3.29. The number of hydrogen-bond donors (Lipinski definition) is 1. The Labute approximate surface area is 129 Å². The molecule has 1 fully saturated rings. The molecular formula is C12H17Cl2FN2O2S. The first-order valence-electron chi connectivity index (χ1n) is 6.13. The summed E-state index contributed by atoms with van der Waals surface area (Å²) in [5.41, 5.74) is 5.62. The molecule has 1 saturated heterocycles. The van der Waals surface area contributed by atoms with Crippen molar-refractivity contribution in [2.24, 2.45) is 5.73 Å². The minimum absolute atomic E-state index is 0. The molecule has 4 nitrogen and oxygen atoms in total. The van der Waals surface area contributed by atoms with Crippen LogP contribution < -0.4 is 5.73 Å². The Morgan fingerprint density at radius 3 is 2.65 bits per heavy atom. The molecule has 0 aromatic heterocycles. The van der Waals surface area contributed by atoms with Gasteiger partial charge in [-0.25, -0.2) is 12.8 Å². The highest BCUT2D eigenvalue weighted by Crippen LogP contribution is 2.27. The Hall–Kier alpha value is -0.400. The molecule has 2 rings (SSSR count). The van der Waals surface area contributed by atoms with E-state index in [1.807, 2.05) is 0 Å². The van der Waals surface area contributed by atoms with E-state index in [1.165, 1.54) is 10.4 Å². The molecule has 1 aliphatic rings. The number of nitrogens with two attached hydrogens (primary N) is 1. The van der Waals surface area contributed by atoms with E-state index in [0.29, 0.717) is 6.54 Å². The topological polar surface area (TPSA) is 63.4 Å². The lowest BCUT2D eigenvalue weighted by Gasteiger charge is -2.33. The molecular weight excluding hydrogens is 326 g/mol. The van der Waals surface area contributed by atoms with Gasteiger partial charge in [0.1, 0.15) is 5.82 Å². The van der Waals surface area contributed by atoms with Crippen molar-refractivity contribution in [2.75, 3.05) is 13.1 Å². The molecule has 2 N–H and O–H groups in total. The Kier molecular flexibility index (Phi) is 6.22. The number of nitrogens with zero attached hydrogens (tertiary/aromatic N) is 1. The molecule has 1 unspecified atom stereocenters. The van der Waals surface area contributed by atoms with Gasteiger partial charge in [-0.2, -0.15) is 4.31 Å². The first-order chi connectivity index (χ1) is 8.95. The van der Waals surface area contributed by atoms with Crippen molar-refractivity contribution >= 4 is 34.0 Å². The third-order valence-corrected chi connectivity index (χ3v) is 5.44. The van der Waals surface area contributed by atoms with Crippen LogP contribution >= 0.6 is 24.0 Å². The van der Waals surface area contributed by atoms with Gasteiger partial charge in [0.2, 0.25) is 10.0 Å². The van der Waals surface area contributed by atoms with Crippen LogP contribution in [0.3, 0.4) is 0 Å². The van der Waals surface area contributed by atoms with E-state index in [0.717, 1.165) is 31.4 Å². The van der Waals surface area contributed by atoms with E-state index in [9.17, 15) is 12.8 Å². The average molecular weight is 343 g/mol. The van der Waals surface area contributed by atoms with Crippen LogP contribution in [0.25, 0.3) is 0 Å². The van der Waals surface area contributed by atoms with Crippen LogP contribution in [-0.4, -0.2) is 31.9 Å². The van der Waals surface area contributed by atoms with E-state index in [2.05, 4.69) is 0 Å². The Bertz CT molecular complexity index is 548. The molecule has 0 aliphatic carbocycles. The zero-order valence-electron chi connectivity index (χ0n) is 10.8. The summed E-state index contributed by atoms with van der Waals surface area (Å²) in [7, 11) is -3.74. The SMILES string of the molecule is Cl.NCC1CCCCN1S(=O)(=O)c1cc(F)cc(Cl)c1. The lowest BCUT2D eigenvalue weighted by atomic mass is 10.1. The van der Waals surface area contributed by atoms with E-state index in [1.54, 1.807) is 0 Å². The maximum Gasteiger partial charge on any atom is 0.243 e. The van der Waals surface area contributed by atoms with Crippen molar-refractivity contribution in [1.82, 2.24) is 4.31 Å². The molecule has 1 atom stereocenters. The third kappa shape index (κ3) is 3.62. The first-order valence-corrected chi connectivity index (χ1v) is 7.95. The van der Waals surface area contributed by atoms with Crippen molar-refractivity contribution in [3.05, 3.63) is 29.0 Å². The van der Waals surface area contributed by atoms with Gasteiger partial charge in [-0.1, -0.05) is 18.0 Å². The Morgan fingerprint density at radius 2 is 2.05 bits per heavy atom. The van der Waals surface area contributed by atoms with E-state index < -0.39 is 15.8 Å². The summed E-state index contributed by atoms with van der Waals surface area (Å²) >= 11 is 5.72. The predicted molar refractivity (Wildman–Crippen MR) is 79.2 cm³/mol. The van der Waals surface area contributed by atoms with Gasteiger partial charge in [0.25, 0.3) is 0 Å². The fourth-order valence-corrected chi connectivity index (χ4v) is 4.39. The monoisotopic (exact) mass is 342 g/mol. The second-order valence-electron chi connectivity index (χ2n) is 4.61. The molecule has 8 heteroatoms. The van der Waals surface area contributed by atoms with Crippen LogP contribution in [0.2, 0.25) is 5.02 Å². The summed E-state index contributed by atoms with van der Waals surface area (Å²) in [5.74, 6) is -0.660. The average Bonchev–Trinajstić information content (AvgIpc) is 2.37. The lowest BCUT2D eigenvalue weighted by molar-refractivity contribution is 0.257. The van der Waals surface area contributed by atoms with E-state index in [-0.39, 0.29) is 34.9 Å². The van der Waals surface area contributed by atoms with Gasteiger partial charge in [-0.05, 0) is 31.0 Å². The highest BCUT2D eigenvalue weighted by Gasteiger charge is 2.33. The normalized spacial score (nSPS) is 20.4. The summed E-state index contributed by atoms with van der Waals surface area (Å²) in [5, 5.41) is 0.0693. The van der Waals surface area contributed by atoms with Crippen LogP contribution in [0.5, 0.6) is 0 Å². The second kappa shape index (κ2) is 7.04. The standard InChI is InChI=1S/C12H16ClFN2O2S.ClH/c13-9-5-10(14)7-12(6-9)19(17,18)16-4-2-1-3-11(16)8-15;/h5-7,11H,1-4,8,15H2;1H. The molecule has 1 heterocycles. The lowest BCUT2D eigenvalue weighted by Crippen LogP contribution is -2.47. The molecule has 114 valence electrons. The predicted octanol–water partition coefficient (Wildman–Crippen LogP) is 2.40. The number of rotatable bonds is 3. The van der Waals surface area contributed by atoms with Crippen molar-refractivity contribution in [1.29, 1.82) is 0 Å². The maximum atomic E-state index is 13.3. The largest absolute Gasteiger partial charge is 0.329 e. The smallest absolute Gasteiger partial charge is 0.243 e. The highest BCUT2D eigenvalue weighted by molar-refractivity contribution is 7.89. The Morgan fingerprint density at radius 1 is 1.35 bits per heavy atom. The summed E-state index contributed by atoms with van der Waals surface area (Å²) in [6.45, 7) is 0.681. The van der Waals surface area contributed by atoms with Crippen LogP contribution in [0.1, 0.15) is 19.3 Å². The molecule has 0 bridgehead atoms. The van der Waals surface area contributed by atoms with Crippen LogP contribution in [-0.2, 0) is 10.0 Å². The Balaban J connectivity index is 0.00000200. The quantitative estimate of drug-likeness (QED) is 0.917. The molecule has 1 aromatic carbocycles. The summed E-state index contributed by atoms with van der Waals surface area (Å²) < 4.78 is 39.7. The van der Waals surface area contributed by atoms with Gasteiger partial charge < -0.3 is 5.73 Å². The van der Waals surface area contributed by atoms with Gasteiger partial charge >= 0.3 is 0 Å². The van der Waals surface area contributed by atoms with E-state index >= 15 is 0 Å². The summed E-state index contributed by atoms with van der Waals surface area (Å²) in [6, 6.07) is 3.11. The van der Waals surface area contributed by atoms with Gasteiger partial charge in [-0.3, -0.25) is 0 Å². The number of sulfonamides is 1. The zero-order chi connectivity index (χ0) is 14.0. The van der Waals surface area contributed by atoms with Crippen LogP contribution in [0, 0.1) is 5.82 Å². The zero-order valence-corrected chi connectivity index (χ0v) is 13.1. The molecule has 0 radical (unpaired) electrons. The van der Waals surface area contributed by atoms with Crippen LogP contribution in [0.15, 0.2) is 23.1 Å². The molecule has 0 spiro atoms. The van der Waals surface area contributed by atoms with Crippen LogP contribution in [0.4, 0.5) is 4.39 Å². The van der Waals surface area contributed by atoms with Gasteiger partial charge in [0.05, 0.1) is 4.90 Å². The van der Waals surface area contributed by atoms with Gasteiger partial charge in [0, 0.05) is 24.2 Å². The first kappa shape index (κ1) is 17.7. The number of hydrogen-bond acceptors (Lipinski definition) is 3. The van der Waals surface area contributed by atoms with Crippen molar-refractivity contribution < 1.29 is 12.8 Å². The molecule has 1 aliphatic heterocycles. The summed E-state index contributed by atoms with van der Waals surface area (Å²) in [4.78, 5) is -0.113. The molecule has 0 amide bonds. The van der Waals surface area contributed by atoms with Gasteiger partial charge in [-0.15, -0.1) is 12.4 Å². The highest BCUT2D eigenvalue weighted by atomic mass is 35.5. The minimum Gasteiger partial charge on any atom is -0.329 e. The molecule has 1 aromatic rings. The van der Waals surface area contributed by atoms with Gasteiger partial charge in [0.15, 0.2) is 0 Å². The fraction of sp³-hybridized carbons (Fsp3) is 0.500. The summed E-state index contributed by atoms with van der Waals surface area (Å²) in [6.07, 6.45) is 2.48.